The minimum Gasteiger partial charge on any atom is -0.495 e. The molecule has 1 amide bonds. The van der Waals surface area contributed by atoms with Crippen molar-refractivity contribution in [2.45, 2.75) is 20.3 Å². The van der Waals surface area contributed by atoms with Crippen LogP contribution in [-0.2, 0) is 11.2 Å². The van der Waals surface area contributed by atoms with Gasteiger partial charge in [0.2, 0.25) is 0 Å². The number of anilines is 1. The Labute approximate surface area is 142 Å². The molecule has 0 atom stereocenters. The Balaban J connectivity index is 1.89. The molecule has 2 N–H and O–H groups in total. The molecule has 5 nitrogen and oxygen atoms in total. The number of aryl methyl sites for hydroxylation is 1. The van der Waals surface area contributed by atoms with Gasteiger partial charge in [-0.3, -0.25) is 4.79 Å². The van der Waals surface area contributed by atoms with Gasteiger partial charge in [-0.1, -0.05) is 43.3 Å². The van der Waals surface area contributed by atoms with E-state index in [1.165, 1.54) is 5.56 Å². The predicted octanol–water partition coefficient (Wildman–Crippen LogP) is 3.21. The summed E-state index contributed by atoms with van der Waals surface area (Å²) in [6.07, 6.45) is 1.00. The van der Waals surface area contributed by atoms with Crippen LogP contribution in [0.2, 0.25) is 0 Å². The maximum Gasteiger partial charge on any atom is 0.259 e. The maximum absolute atomic E-state index is 11.9. The Hall–Kier alpha value is -2.82. The van der Waals surface area contributed by atoms with Crippen molar-refractivity contribution in [3.63, 3.8) is 0 Å². The van der Waals surface area contributed by atoms with Crippen LogP contribution in [0, 0.1) is 0 Å². The van der Waals surface area contributed by atoms with Crippen LogP contribution in [0.25, 0.3) is 0 Å². The second-order valence-corrected chi connectivity index (χ2v) is 5.34. The fraction of sp³-hybridized carbons (Fsp3) is 0.263. The van der Waals surface area contributed by atoms with Gasteiger partial charge in [-0.05, 0) is 36.6 Å². The molecule has 0 unspecified atom stereocenters. The molecule has 0 aliphatic heterocycles. The third-order valence-corrected chi connectivity index (χ3v) is 3.67. The normalized spacial score (nSPS) is 11.0. The lowest BCUT2D eigenvalue weighted by Crippen LogP contribution is -2.26. The van der Waals surface area contributed by atoms with Gasteiger partial charge in [0.1, 0.15) is 5.75 Å². The average molecular weight is 325 g/mol. The molecule has 126 valence electrons. The molecule has 2 aromatic carbocycles. The van der Waals surface area contributed by atoms with Crippen LogP contribution in [0.1, 0.15) is 25.0 Å². The minimum atomic E-state index is -0.217. The van der Waals surface area contributed by atoms with E-state index < -0.39 is 0 Å². The predicted molar refractivity (Wildman–Crippen MR) is 97.7 cm³/mol. The van der Waals surface area contributed by atoms with Crippen LogP contribution in [-0.4, -0.2) is 25.3 Å². The van der Waals surface area contributed by atoms with E-state index in [9.17, 15) is 4.79 Å². The van der Waals surface area contributed by atoms with Crippen LogP contribution in [0.4, 0.5) is 5.69 Å². The largest absolute Gasteiger partial charge is 0.495 e. The minimum absolute atomic E-state index is 0.117. The molecule has 2 rings (SSSR count). The number of hydrogen-bond acceptors (Lipinski definition) is 4. The SMILES string of the molecule is CCc1ccc(/C(C)=N\NC(=O)CNc2ccccc2OC)cc1. The van der Waals surface area contributed by atoms with Crippen LogP contribution in [0.15, 0.2) is 53.6 Å². The standard InChI is InChI=1S/C19H23N3O2/c1-4-15-9-11-16(12-10-15)14(2)21-22-19(23)13-20-17-7-5-6-8-18(17)24-3/h5-12,20H,4,13H2,1-3H3,(H,22,23)/b21-14-. The first-order valence-electron chi connectivity index (χ1n) is 7.93. The molecule has 0 aliphatic rings. The van der Waals surface area contributed by atoms with Gasteiger partial charge < -0.3 is 10.1 Å². The van der Waals surface area contributed by atoms with Crippen LogP contribution >= 0.6 is 0 Å². The fourth-order valence-electron chi connectivity index (χ4n) is 2.20. The monoisotopic (exact) mass is 325 g/mol. The molecule has 0 saturated heterocycles. The van der Waals surface area contributed by atoms with Crippen molar-refractivity contribution in [3.8, 4) is 5.75 Å². The highest BCUT2D eigenvalue weighted by atomic mass is 16.5. The van der Waals surface area contributed by atoms with Crippen molar-refractivity contribution in [1.82, 2.24) is 5.43 Å². The molecular weight excluding hydrogens is 302 g/mol. The van der Waals surface area contributed by atoms with Gasteiger partial charge in [0.25, 0.3) is 5.91 Å². The van der Waals surface area contributed by atoms with Gasteiger partial charge in [0.05, 0.1) is 25.1 Å². The van der Waals surface area contributed by atoms with E-state index in [2.05, 4.69) is 34.9 Å². The van der Waals surface area contributed by atoms with E-state index in [1.807, 2.05) is 43.3 Å². The Bertz CT molecular complexity index is 709. The molecule has 0 radical (unpaired) electrons. The van der Waals surface area contributed by atoms with E-state index in [-0.39, 0.29) is 12.5 Å². The Morgan fingerprint density at radius 2 is 1.83 bits per heavy atom. The summed E-state index contributed by atoms with van der Waals surface area (Å²) >= 11 is 0. The summed E-state index contributed by atoms with van der Waals surface area (Å²) in [6, 6.07) is 15.6. The van der Waals surface area contributed by atoms with E-state index in [0.29, 0.717) is 5.75 Å². The number of carbonyl (C=O) groups is 1. The van der Waals surface area contributed by atoms with Crippen molar-refractivity contribution in [2.24, 2.45) is 5.10 Å². The lowest BCUT2D eigenvalue weighted by molar-refractivity contribution is -0.119. The summed E-state index contributed by atoms with van der Waals surface area (Å²) < 4.78 is 5.23. The highest BCUT2D eigenvalue weighted by molar-refractivity contribution is 5.99. The molecule has 0 aliphatic carbocycles. The third kappa shape index (κ3) is 4.84. The smallest absolute Gasteiger partial charge is 0.259 e. The third-order valence-electron chi connectivity index (χ3n) is 3.67. The highest BCUT2D eigenvalue weighted by Crippen LogP contribution is 2.22. The Morgan fingerprint density at radius 1 is 1.12 bits per heavy atom. The number of methoxy groups -OCH3 is 1. The summed E-state index contributed by atoms with van der Waals surface area (Å²) in [4.78, 5) is 11.9. The number of hydrogen-bond donors (Lipinski definition) is 2. The van der Waals surface area contributed by atoms with Gasteiger partial charge in [0, 0.05) is 0 Å². The number of hydrazone groups is 1. The second kappa shape index (κ2) is 8.72. The Kier molecular flexibility index (Phi) is 6.37. The van der Waals surface area contributed by atoms with E-state index in [1.54, 1.807) is 7.11 Å². The number of benzene rings is 2. The number of nitrogens with zero attached hydrogens (tertiary/aromatic N) is 1. The zero-order valence-electron chi connectivity index (χ0n) is 14.3. The van der Waals surface area contributed by atoms with Crippen LogP contribution < -0.4 is 15.5 Å². The zero-order chi connectivity index (χ0) is 17.4. The van der Waals surface area contributed by atoms with E-state index in [0.717, 1.165) is 23.4 Å². The summed E-state index contributed by atoms with van der Waals surface area (Å²) in [6.45, 7) is 4.10. The highest BCUT2D eigenvalue weighted by Gasteiger charge is 2.05. The molecule has 0 fully saturated rings. The molecule has 0 spiro atoms. The summed E-state index contributed by atoms with van der Waals surface area (Å²) in [5.41, 5.74) is 6.36. The van der Waals surface area contributed by atoms with Crippen LogP contribution in [0.5, 0.6) is 5.75 Å². The average Bonchev–Trinajstić information content (AvgIpc) is 2.64. The number of nitrogens with one attached hydrogen (secondary N) is 2. The van der Waals surface area contributed by atoms with Crippen molar-refractivity contribution in [2.75, 3.05) is 19.0 Å². The second-order valence-electron chi connectivity index (χ2n) is 5.34. The first-order valence-corrected chi connectivity index (χ1v) is 7.93. The zero-order valence-corrected chi connectivity index (χ0v) is 14.3. The van der Waals surface area contributed by atoms with Gasteiger partial charge in [-0.25, -0.2) is 5.43 Å². The summed E-state index contributed by atoms with van der Waals surface area (Å²) in [5, 5.41) is 7.19. The van der Waals surface area contributed by atoms with Gasteiger partial charge in [-0.15, -0.1) is 0 Å². The number of rotatable bonds is 7. The van der Waals surface area contributed by atoms with Gasteiger partial charge >= 0.3 is 0 Å². The lowest BCUT2D eigenvalue weighted by Gasteiger charge is -2.10. The molecule has 0 bridgehead atoms. The van der Waals surface area contributed by atoms with E-state index in [4.69, 9.17) is 4.74 Å². The van der Waals surface area contributed by atoms with E-state index >= 15 is 0 Å². The summed E-state index contributed by atoms with van der Waals surface area (Å²) in [7, 11) is 1.60. The number of ether oxygens (including phenoxy) is 1. The van der Waals surface area contributed by atoms with Gasteiger partial charge in [-0.2, -0.15) is 5.10 Å². The summed E-state index contributed by atoms with van der Waals surface area (Å²) in [5.74, 6) is 0.478. The number of carbonyl (C=O) groups excluding carboxylic acids is 1. The lowest BCUT2D eigenvalue weighted by atomic mass is 10.1. The van der Waals surface area contributed by atoms with Crippen LogP contribution in [0.3, 0.4) is 0 Å². The molecule has 0 aromatic heterocycles. The molecule has 24 heavy (non-hydrogen) atoms. The Morgan fingerprint density at radius 3 is 2.50 bits per heavy atom. The van der Waals surface area contributed by atoms with Gasteiger partial charge in [0.15, 0.2) is 0 Å². The topological polar surface area (TPSA) is 62.7 Å². The molecule has 2 aromatic rings. The fourth-order valence-corrected chi connectivity index (χ4v) is 2.20. The maximum atomic E-state index is 11.9. The van der Waals surface area contributed by atoms with Crippen molar-refractivity contribution in [3.05, 3.63) is 59.7 Å². The first kappa shape index (κ1) is 17.5. The van der Waals surface area contributed by atoms with Crippen molar-refractivity contribution in [1.29, 1.82) is 0 Å². The molecule has 5 heteroatoms. The quantitative estimate of drug-likeness (QED) is 0.607. The number of para-hydroxylation sites is 2. The molecular formula is C19H23N3O2. The first-order chi connectivity index (χ1) is 11.6. The molecule has 0 heterocycles. The number of amides is 1. The van der Waals surface area contributed by atoms with Crippen molar-refractivity contribution < 1.29 is 9.53 Å². The van der Waals surface area contributed by atoms with Crippen molar-refractivity contribution >= 4 is 17.3 Å². The molecule has 0 saturated carbocycles.